The highest BCUT2D eigenvalue weighted by Crippen LogP contribution is 2.25. The number of benzene rings is 1. The number of rotatable bonds is 44. The van der Waals surface area contributed by atoms with Gasteiger partial charge in [0.05, 0.1) is 13.2 Å². The van der Waals surface area contributed by atoms with E-state index in [9.17, 15) is 9.59 Å². The Kier molecular flexibility index (Phi) is 38.6. The molecule has 0 amide bonds. The van der Waals surface area contributed by atoms with Crippen LogP contribution in [0.25, 0.3) is 0 Å². The van der Waals surface area contributed by atoms with Gasteiger partial charge in [0.2, 0.25) is 0 Å². The number of carboxylic acid groups (broad SMARTS) is 2. The lowest BCUT2D eigenvalue weighted by molar-refractivity contribution is -0.138. The van der Waals surface area contributed by atoms with Crippen molar-refractivity contribution in [2.24, 2.45) is 0 Å². The predicted octanol–water partition coefficient (Wildman–Crippen LogP) is 15.4. The lowest BCUT2D eigenvalue weighted by Gasteiger charge is -2.15. The zero-order valence-electron chi connectivity index (χ0n) is 38.6. The molecular weight excluding hydrogens is 747 g/mol. The SMILES string of the molecule is CN(C)Cc1cc(OCCCCCCCCC/C=C\C/C=C\CCCCCCCC(=O)O)cc(OCCCCCCCCC/C=C\C/C=C\CCCCCCCC(=O)O)c1. The van der Waals surface area contributed by atoms with Crippen LogP contribution in [0.1, 0.15) is 211 Å². The minimum Gasteiger partial charge on any atom is -0.493 e. The van der Waals surface area contributed by atoms with Crippen molar-refractivity contribution in [2.75, 3.05) is 27.3 Å². The highest BCUT2D eigenvalue weighted by atomic mass is 16.5. The van der Waals surface area contributed by atoms with E-state index in [4.69, 9.17) is 19.7 Å². The topological polar surface area (TPSA) is 96.3 Å². The van der Waals surface area contributed by atoms with Crippen LogP contribution in [0.4, 0.5) is 0 Å². The standard InChI is InChI=1S/C53H89NO6/c1-54(2)48-49-45-50(59-43-39-35-31-27-23-19-15-11-7-3-5-9-13-17-21-25-29-33-37-41-52(55)56)47-51(46-49)60-44-40-36-32-28-24-20-16-12-8-4-6-10-14-18-22-26-30-34-38-42-53(57)58/h3-4,7-10,13-14,45-47H,5-6,11-12,15-44,48H2,1-2H3,(H,55,56)(H,57,58)/b7-3-,8-4-,13-9-,14-10-. The van der Waals surface area contributed by atoms with Gasteiger partial charge in [-0.15, -0.1) is 0 Å². The Balaban J connectivity index is 2.03. The van der Waals surface area contributed by atoms with Crippen molar-refractivity contribution in [3.05, 3.63) is 72.4 Å². The molecule has 0 unspecified atom stereocenters. The number of aliphatic carboxylic acids is 2. The second-order valence-corrected chi connectivity index (χ2v) is 17.0. The van der Waals surface area contributed by atoms with Gasteiger partial charge in [-0.2, -0.15) is 0 Å². The molecule has 0 aliphatic rings. The number of hydrogen-bond acceptors (Lipinski definition) is 5. The molecule has 1 rings (SSSR count). The first-order valence-corrected chi connectivity index (χ1v) is 24.4. The first-order chi connectivity index (χ1) is 29.4. The van der Waals surface area contributed by atoms with Crippen molar-refractivity contribution in [2.45, 2.75) is 212 Å². The molecule has 0 spiro atoms. The number of unbranched alkanes of at least 4 members (excludes halogenated alkanes) is 24. The number of nitrogens with zero attached hydrogens (tertiary/aromatic N) is 1. The van der Waals surface area contributed by atoms with Gasteiger partial charge in [-0.25, -0.2) is 0 Å². The van der Waals surface area contributed by atoms with E-state index in [-0.39, 0.29) is 0 Å². The van der Waals surface area contributed by atoms with Gasteiger partial charge < -0.3 is 24.6 Å². The number of carboxylic acids is 2. The molecule has 60 heavy (non-hydrogen) atoms. The zero-order valence-corrected chi connectivity index (χ0v) is 38.6. The summed E-state index contributed by atoms with van der Waals surface area (Å²) in [6, 6.07) is 6.41. The van der Waals surface area contributed by atoms with Gasteiger partial charge in [-0.05, 0) is 122 Å². The first-order valence-electron chi connectivity index (χ1n) is 24.4. The predicted molar refractivity (Wildman–Crippen MR) is 254 cm³/mol. The summed E-state index contributed by atoms with van der Waals surface area (Å²) < 4.78 is 12.4. The molecule has 0 saturated carbocycles. The van der Waals surface area contributed by atoms with Gasteiger partial charge >= 0.3 is 11.9 Å². The molecular formula is C53H89NO6. The Hall–Kier alpha value is -3.32. The van der Waals surface area contributed by atoms with Crippen LogP contribution in [0.2, 0.25) is 0 Å². The summed E-state index contributed by atoms with van der Waals surface area (Å²) in [5.41, 5.74) is 1.23. The fourth-order valence-corrected chi connectivity index (χ4v) is 7.28. The van der Waals surface area contributed by atoms with Crippen molar-refractivity contribution in [1.29, 1.82) is 0 Å². The van der Waals surface area contributed by atoms with Crippen LogP contribution >= 0.6 is 0 Å². The maximum Gasteiger partial charge on any atom is 0.303 e. The Labute approximate surface area is 368 Å². The Morgan fingerprint density at radius 3 is 1.05 bits per heavy atom. The van der Waals surface area contributed by atoms with E-state index < -0.39 is 11.9 Å². The fourth-order valence-electron chi connectivity index (χ4n) is 7.28. The highest BCUT2D eigenvalue weighted by Gasteiger charge is 2.06. The highest BCUT2D eigenvalue weighted by molar-refractivity contribution is 5.66. The number of carbonyl (C=O) groups is 2. The number of ether oxygens (including phenoxy) is 2. The smallest absolute Gasteiger partial charge is 0.303 e. The van der Waals surface area contributed by atoms with E-state index in [1.165, 1.54) is 121 Å². The van der Waals surface area contributed by atoms with Crippen molar-refractivity contribution in [3.8, 4) is 11.5 Å². The van der Waals surface area contributed by atoms with Crippen LogP contribution in [0.5, 0.6) is 11.5 Å². The molecule has 0 bridgehead atoms. The van der Waals surface area contributed by atoms with E-state index in [1.807, 2.05) is 0 Å². The largest absolute Gasteiger partial charge is 0.493 e. The van der Waals surface area contributed by atoms with Crippen LogP contribution in [-0.2, 0) is 16.1 Å². The molecule has 0 aliphatic heterocycles. The number of hydrogen-bond donors (Lipinski definition) is 2. The Bertz CT molecular complexity index is 1180. The molecule has 1 aromatic rings. The molecule has 0 heterocycles. The van der Waals surface area contributed by atoms with Crippen molar-refractivity contribution in [1.82, 2.24) is 4.90 Å². The van der Waals surface area contributed by atoms with Crippen LogP contribution in [0, 0.1) is 0 Å². The molecule has 0 saturated heterocycles. The monoisotopic (exact) mass is 836 g/mol. The summed E-state index contributed by atoms with van der Waals surface area (Å²) in [5, 5.41) is 17.3. The van der Waals surface area contributed by atoms with Crippen LogP contribution < -0.4 is 9.47 Å². The molecule has 7 nitrogen and oxygen atoms in total. The van der Waals surface area contributed by atoms with Gasteiger partial charge in [-0.1, -0.05) is 151 Å². The molecule has 342 valence electrons. The Morgan fingerprint density at radius 1 is 0.433 bits per heavy atom. The molecule has 0 radical (unpaired) electrons. The molecule has 7 heteroatoms. The summed E-state index contributed by atoms with van der Waals surface area (Å²) in [6.45, 7) is 2.39. The molecule has 0 fully saturated rings. The summed E-state index contributed by atoms with van der Waals surface area (Å²) in [6.07, 6.45) is 54.1. The van der Waals surface area contributed by atoms with Crippen LogP contribution in [0.3, 0.4) is 0 Å². The normalized spacial score (nSPS) is 12.0. The third kappa shape index (κ3) is 40.1. The molecule has 0 aromatic heterocycles. The van der Waals surface area contributed by atoms with Gasteiger partial charge in [0, 0.05) is 25.5 Å². The maximum absolute atomic E-state index is 10.5. The lowest BCUT2D eigenvalue weighted by atomic mass is 10.1. The second kappa shape index (κ2) is 42.4. The molecule has 2 N–H and O–H groups in total. The minimum atomic E-state index is -0.679. The van der Waals surface area contributed by atoms with Crippen molar-refractivity contribution < 1.29 is 29.3 Å². The molecule has 0 aliphatic carbocycles. The summed E-state index contributed by atoms with van der Waals surface area (Å²) in [5.74, 6) is 0.496. The van der Waals surface area contributed by atoms with Crippen LogP contribution in [-0.4, -0.2) is 54.4 Å². The number of allylic oxidation sites excluding steroid dienone is 8. The molecule has 0 atom stereocenters. The summed E-state index contributed by atoms with van der Waals surface area (Å²) in [4.78, 5) is 23.2. The van der Waals surface area contributed by atoms with E-state index in [0.29, 0.717) is 12.8 Å². The second-order valence-electron chi connectivity index (χ2n) is 17.0. The minimum absolute atomic E-state index is 0.308. The Morgan fingerprint density at radius 2 is 0.733 bits per heavy atom. The third-order valence-corrected chi connectivity index (χ3v) is 10.7. The lowest BCUT2D eigenvalue weighted by Crippen LogP contribution is -2.11. The van der Waals surface area contributed by atoms with E-state index >= 15 is 0 Å². The van der Waals surface area contributed by atoms with Gasteiger partial charge in [-0.3, -0.25) is 9.59 Å². The average Bonchev–Trinajstić information content (AvgIpc) is 3.21. The zero-order chi connectivity index (χ0) is 43.4. The van der Waals surface area contributed by atoms with Gasteiger partial charge in [0.1, 0.15) is 11.5 Å². The average molecular weight is 836 g/mol. The summed E-state index contributed by atoms with van der Waals surface area (Å²) in [7, 11) is 4.20. The first kappa shape index (κ1) is 54.7. The van der Waals surface area contributed by atoms with Gasteiger partial charge in [0.25, 0.3) is 0 Å². The van der Waals surface area contributed by atoms with E-state index in [1.54, 1.807) is 0 Å². The maximum atomic E-state index is 10.5. The van der Waals surface area contributed by atoms with Gasteiger partial charge in [0.15, 0.2) is 0 Å². The van der Waals surface area contributed by atoms with Crippen molar-refractivity contribution in [3.63, 3.8) is 0 Å². The van der Waals surface area contributed by atoms with Crippen molar-refractivity contribution >= 4 is 11.9 Å². The van der Waals surface area contributed by atoms with Crippen LogP contribution in [0.15, 0.2) is 66.8 Å². The summed E-state index contributed by atoms with van der Waals surface area (Å²) >= 11 is 0. The molecule has 1 aromatic carbocycles. The van der Waals surface area contributed by atoms with E-state index in [0.717, 1.165) is 108 Å². The fraction of sp³-hybridized carbons (Fsp3) is 0.698. The third-order valence-electron chi connectivity index (χ3n) is 10.7. The quantitative estimate of drug-likeness (QED) is 0.0499. The van der Waals surface area contributed by atoms with E-state index in [2.05, 4.69) is 85.8 Å².